The smallest absolute Gasteiger partial charge is 0.135 e. The third-order valence-corrected chi connectivity index (χ3v) is 2.33. The number of anilines is 1. The van der Waals surface area contributed by atoms with E-state index in [1.165, 1.54) is 18.2 Å². The van der Waals surface area contributed by atoms with E-state index in [0.29, 0.717) is 5.56 Å². The predicted molar refractivity (Wildman–Crippen MR) is 61.9 cm³/mol. The molecule has 0 spiro atoms. The van der Waals surface area contributed by atoms with Gasteiger partial charge in [0.05, 0.1) is 11.3 Å². The lowest BCUT2D eigenvalue weighted by atomic mass is 10.1. The lowest BCUT2D eigenvalue weighted by Crippen LogP contribution is -2.00. The van der Waals surface area contributed by atoms with Gasteiger partial charge >= 0.3 is 0 Å². The van der Waals surface area contributed by atoms with E-state index in [9.17, 15) is 8.78 Å². The van der Waals surface area contributed by atoms with E-state index in [-0.39, 0.29) is 17.1 Å². The van der Waals surface area contributed by atoms with Crippen LogP contribution < -0.4 is 5.73 Å². The molecule has 0 unspecified atom stereocenters. The van der Waals surface area contributed by atoms with Crippen LogP contribution in [0.2, 0.25) is 0 Å². The minimum atomic E-state index is -0.695. The maximum Gasteiger partial charge on any atom is 0.135 e. The van der Waals surface area contributed by atoms with E-state index in [2.05, 4.69) is 4.98 Å². The minimum absolute atomic E-state index is 0.0696. The summed E-state index contributed by atoms with van der Waals surface area (Å²) in [5.41, 5.74) is 5.87. The largest absolute Gasteiger partial charge is 0.383 e. The Morgan fingerprint density at radius 3 is 2.29 bits per heavy atom. The van der Waals surface area contributed by atoms with Gasteiger partial charge in [-0.25, -0.2) is 13.8 Å². The van der Waals surface area contributed by atoms with Crippen LogP contribution in [0.25, 0.3) is 11.3 Å². The average molecular weight is 233 g/mol. The van der Waals surface area contributed by atoms with Gasteiger partial charge in [0.2, 0.25) is 0 Å². The number of hydrogen-bond acceptors (Lipinski definition) is 3. The molecule has 3 N–H and O–H groups in total. The molecule has 2 aromatic rings. The first-order chi connectivity index (χ1) is 8.13. The van der Waals surface area contributed by atoms with E-state index in [1.54, 1.807) is 0 Å². The summed E-state index contributed by atoms with van der Waals surface area (Å²) in [4.78, 5) is 3.88. The second-order valence-electron chi connectivity index (χ2n) is 3.41. The number of nitrogens with zero attached hydrogens (tertiary/aromatic N) is 1. The third-order valence-electron chi connectivity index (χ3n) is 2.33. The van der Waals surface area contributed by atoms with Gasteiger partial charge in [0, 0.05) is 11.8 Å². The van der Waals surface area contributed by atoms with Crippen molar-refractivity contribution in [3.8, 4) is 11.3 Å². The van der Waals surface area contributed by atoms with Gasteiger partial charge in [-0.2, -0.15) is 0 Å². The number of pyridine rings is 1. The zero-order chi connectivity index (χ0) is 12.4. The zero-order valence-corrected chi connectivity index (χ0v) is 8.74. The fraction of sp³-hybridized carbons (Fsp3) is 0. The highest BCUT2D eigenvalue weighted by Crippen LogP contribution is 2.25. The van der Waals surface area contributed by atoms with Gasteiger partial charge in [-0.05, 0) is 24.3 Å². The molecule has 0 bridgehead atoms. The van der Waals surface area contributed by atoms with Crippen LogP contribution in [0.1, 0.15) is 5.56 Å². The third kappa shape index (κ3) is 1.99. The van der Waals surface area contributed by atoms with E-state index < -0.39 is 11.6 Å². The maximum absolute atomic E-state index is 13.5. The summed E-state index contributed by atoms with van der Waals surface area (Å²) < 4.78 is 27.0. The summed E-state index contributed by atoms with van der Waals surface area (Å²) in [6.07, 6.45) is 1.03. The van der Waals surface area contributed by atoms with Crippen molar-refractivity contribution in [3.05, 3.63) is 47.5 Å². The fourth-order valence-corrected chi connectivity index (χ4v) is 1.49. The molecule has 2 rings (SSSR count). The molecule has 5 heteroatoms. The first-order valence-electron chi connectivity index (χ1n) is 4.85. The molecule has 0 saturated heterocycles. The Bertz CT molecular complexity index is 562. The lowest BCUT2D eigenvalue weighted by molar-refractivity contribution is 0.589. The molecule has 86 valence electrons. The molecular formula is C12H9F2N3. The summed E-state index contributed by atoms with van der Waals surface area (Å²) in [5.74, 6) is -1.32. The lowest BCUT2D eigenvalue weighted by Gasteiger charge is -2.06. The number of rotatable bonds is 2. The molecular weight excluding hydrogens is 224 g/mol. The molecule has 0 aliphatic heterocycles. The van der Waals surface area contributed by atoms with Crippen molar-refractivity contribution in [1.82, 2.24) is 4.98 Å². The summed E-state index contributed by atoms with van der Waals surface area (Å²) in [7, 11) is 0. The monoisotopic (exact) mass is 233 g/mol. The minimum Gasteiger partial charge on any atom is -0.383 e. The number of benzene rings is 1. The van der Waals surface area contributed by atoms with Crippen LogP contribution in [-0.2, 0) is 0 Å². The number of halogens is 2. The Labute approximate surface area is 96.4 Å². The summed E-state index contributed by atoms with van der Waals surface area (Å²) in [6, 6.07) is 6.51. The van der Waals surface area contributed by atoms with Crippen molar-refractivity contribution >= 4 is 12.0 Å². The van der Waals surface area contributed by atoms with Gasteiger partial charge < -0.3 is 11.1 Å². The van der Waals surface area contributed by atoms with Crippen molar-refractivity contribution in [2.45, 2.75) is 0 Å². The Hall–Kier alpha value is -2.30. The standard InChI is InChI=1S/C12H9F2N3/c13-8-2-1-3-9(14)11(8)10-5-4-7(6-15)12(16)17-10/h1-6,15H,(H2,16,17). The van der Waals surface area contributed by atoms with E-state index in [4.69, 9.17) is 11.1 Å². The van der Waals surface area contributed by atoms with Crippen molar-refractivity contribution in [2.75, 3.05) is 5.73 Å². The van der Waals surface area contributed by atoms with Gasteiger partial charge in [-0.15, -0.1) is 0 Å². The van der Waals surface area contributed by atoms with Crippen LogP contribution in [0.3, 0.4) is 0 Å². The van der Waals surface area contributed by atoms with Crippen molar-refractivity contribution in [2.24, 2.45) is 0 Å². The highest BCUT2D eigenvalue weighted by atomic mass is 19.1. The molecule has 0 radical (unpaired) electrons. The predicted octanol–water partition coefficient (Wildman–Crippen LogP) is 2.61. The van der Waals surface area contributed by atoms with Crippen LogP contribution in [0.15, 0.2) is 30.3 Å². The van der Waals surface area contributed by atoms with Crippen LogP contribution >= 0.6 is 0 Å². The Morgan fingerprint density at radius 2 is 1.76 bits per heavy atom. The number of nitrogens with one attached hydrogen (secondary N) is 1. The first kappa shape index (κ1) is 11.2. The van der Waals surface area contributed by atoms with Gasteiger partial charge in [0.15, 0.2) is 0 Å². The molecule has 0 saturated carbocycles. The highest BCUT2D eigenvalue weighted by molar-refractivity contribution is 5.84. The Balaban J connectivity index is 2.61. The number of aromatic nitrogens is 1. The number of nitrogens with two attached hydrogens (primary N) is 1. The molecule has 3 nitrogen and oxygen atoms in total. The molecule has 1 aromatic heterocycles. The summed E-state index contributed by atoms with van der Waals surface area (Å²) in [5, 5.41) is 7.05. The van der Waals surface area contributed by atoms with Gasteiger partial charge in [0.1, 0.15) is 17.5 Å². The fourth-order valence-electron chi connectivity index (χ4n) is 1.49. The SMILES string of the molecule is N=Cc1ccc(-c2c(F)cccc2F)nc1N. The first-order valence-corrected chi connectivity index (χ1v) is 4.85. The normalized spacial score (nSPS) is 10.2. The maximum atomic E-state index is 13.5. The summed E-state index contributed by atoms with van der Waals surface area (Å²) >= 11 is 0. The van der Waals surface area contributed by atoms with Gasteiger partial charge in [0.25, 0.3) is 0 Å². The molecule has 1 aromatic carbocycles. The van der Waals surface area contributed by atoms with E-state index >= 15 is 0 Å². The molecule has 0 amide bonds. The van der Waals surface area contributed by atoms with Crippen molar-refractivity contribution < 1.29 is 8.78 Å². The Kier molecular flexibility index (Phi) is 2.82. The van der Waals surface area contributed by atoms with Crippen LogP contribution in [-0.4, -0.2) is 11.2 Å². The summed E-state index contributed by atoms with van der Waals surface area (Å²) in [6.45, 7) is 0. The molecule has 17 heavy (non-hydrogen) atoms. The second-order valence-corrected chi connectivity index (χ2v) is 3.41. The molecule has 1 heterocycles. The molecule has 0 aliphatic carbocycles. The highest BCUT2D eigenvalue weighted by Gasteiger charge is 2.13. The average Bonchev–Trinajstić information content (AvgIpc) is 2.29. The molecule has 0 aliphatic rings. The van der Waals surface area contributed by atoms with Crippen LogP contribution in [0, 0.1) is 17.0 Å². The van der Waals surface area contributed by atoms with Gasteiger partial charge in [-0.1, -0.05) is 6.07 Å². The molecule has 0 fully saturated rings. The quantitative estimate of drug-likeness (QED) is 0.783. The van der Waals surface area contributed by atoms with Crippen LogP contribution in [0.5, 0.6) is 0 Å². The topological polar surface area (TPSA) is 62.8 Å². The second kappa shape index (κ2) is 4.29. The van der Waals surface area contributed by atoms with E-state index in [1.807, 2.05) is 0 Å². The number of nitrogen functional groups attached to an aromatic ring is 1. The van der Waals surface area contributed by atoms with Crippen LogP contribution in [0.4, 0.5) is 14.6 Å². The van der Waals surface area contributed by atoms with E-state index in [0.717, 1.165) is 18.3 Å². The zero-order valence-electron chi connectivity index (χ0n) is 8.74. The Morgan fingerprint density at radius 1 is 1.12 bits per heavy atom. The van der Waals surface area contributed by atoms with Crippen molar-refractivity contribution in [1.29, 1.82) is 5.41 Å². The van der Waals surface area contributed by atoms with Gasteiger partial charge in [-0.3, -0.25) is 0 Å². The molecule has 0 atom stereocenters. The van der Waals surface area contributed by atoms with Crippen molar-refractivity contribution in [3.63, 3.8) is 0 Å². The number of hydrogen-bond donors (Lipinski definition) is 2.